The number of nitrogens with zero attached hydrogens (tertiary/aromatic N) is 2. The Labute approximate surface area is 248 Å². The maximum absolute atomic E-state index is 5.37. The van der Waals surface area contributed by atoms with Crippen LogP contribution in [0.4, 0.5) is 0 Å². The van der Waals surface area contributed by atoms with Crippen molar-refractivity contribution < 1.29 is 21.1 Å². The summed E-state index contributed by atoms with van der Waals surface area (Å²) in [6.45, 7) is 0. The molecule has 0 atom stereocenters. The van der Waals surface area contributed by atoms with Crippen molar-refractivity contribution in [2.24, 2.45) is 0 Å². The van der Waals surface area contributed by atoms with E-state index in [1.807, 2.05) is 0 Å². The molecule has 0 N–H and O–H groups in total. The fraction of sp³-hybridized carbons (Fsp3) is 0.0270. The van der Waals surface area contributed by atoms with Crippen LogP contribution in [-0.4, -0.2) is 9.97 Å². The van der Waals surface area contributed by atoms with Crippen LogP contribution in [0.5, 0.6) is 0 Å². The van der Waals surface area contributed by atoms with Gasteiger partial charge in [0.1, 0.15) is 5.41 Å². The van der Waals surface area contributed by atoms with E-state index in [9.17, 15) is 0 Å². The maximum Gasteiger partial charge on any atom is 2.00 e. The molecule has 0 amide bonds. The minimum Gasteiger partial charge on any atom is -0.290 e. The zero-order valence-corrected chi connectivity index (χ0v) is 23.7. The zero-order chi connectivity index (χ0) is 25.8. The van der Waals surface area contributed by atoms with Crippen LogP contribution in [0.15, 0.2) is 121 Å². The van der Waals surface area contributed by atoms with E-state index in [-0.39, 0.29) is 21.1 Å². The number of fused-ring (bicyclic) bond motifs is 17. The smallest absolute Gasteiger partial charge is 0.290 e. The van der Waals surface area contributed by atoms with Gasteiger partial charge in [0.05, 0.1) is 11.4 Å². The number of benzene rings is 4. The first kappa shape index (κ1) is 24.6. The summed E-state index contributed by atoms with van der Waals surface area (Å²) in [5.74, 6) is 0. The third-order valence-corrected chi connectivity index (χ3v) is 7.85. The van der Waals surface area contributed by atoms with Crippen LogP contribution in [0.2, 0.25) is 0 Å². The summed E-state index contributed by atoms with van der Waals surface area (Å²) in [6.07, 6.45) is 4.16. The minimum absolute atomic E-state index is 0. The second-order valence-electron chi connectivity index (χ2n) is 10.0. The number of pyridine rings is 2. The van der Waals surface area contributed by atoms with Crippen molar-refractivity contribution in [1.29, 1.82) is 0 Å². The van der Waals surface area contributed by atoms with Gasteiger partial charge in [0.2, 0.25) is 0 Å². The molecule has 4 aromatic carbocycles. The standard InChI is InChI=1S/C37H22N2.Pt/c1-3-15-31-29(13-1)30-14-2-4-16-32(30)37(31)35-19-7-17-33(38-35)27-11-5-9-25(23-27)21-22-26-10-6-12-28(24-26)34-18-8-20-36(37)39-34;/h1-22H;/q-2;+2/b22-21-;. The van der Waals surface area contributed by atoms with E-state index in [1.54, 1.807) is 0 Å². The van der Waals surface area contributed by atoms with Gasteiger partial charge in [0, 0.05) is 11.4 Å². The Kier molecular flexibility index (Phi) is 5.95. The van der Waals surface area contributed by atoms with E-state index in [4.69, 9.17) is 9.97 Å². The predicted molar refractivity (Wildman–Crippen MR) is 157 cm³/mol. The van der Waals surface area contributed by atoms with Gasteiger partial charge in [-0.2, -0.15) is 12.2 Å². The average Bonchev–Trinajstić information content (AvgIpc) is 3.31. The molecule has 2 nitrogen and oxygen atoms in total. The fourth-order valence-electron chi connectivity index (χ4n) is 6.15. The molecule has 2 aliphatic rings. The quantitative estimate of drug-likeness (QED) is 0.150. The van der Waals surface area contributed by atoms with Crippen molar-refractivity contribution >= 4 is 12.2 Å². The Morgan fingerprint density at radius 2 is 0.900 bits per heavy atom. The van der Waals surface area contributed by atoms with Crippen molar-refractivity contribution in [3.05, 3.63) is 167 Å². The molecular formula is C37H22N2Pt. The van der Waals surface area contributed by atoms with Crippen molar-refractivity contribution in [2.75, 3.05) is 0 Å². The van der Waals surface area contributed by atoms with Gasteiger partial charge in [-0.15, -0.1) is 59.7 Å². The molecular weight excluding hydrogens is 667 g/mol. The Hall–Kier alpha value is -4.39. The summed E-state index contributed by atoms with van der Waals surface area (Å²) in [4.78, 5) is 10.7. The molecule has 8 rings (SSSR count). The summed E-state index contributed by atoms with van der Waals surface area (Å²) >= 11 is 0. The first-order chi connectivity index (χ1) is 19.3. The van der Waals surface area contributed by atoms with Crippen LogP contribution in [0, 0.1) is 12.1 Å². The van der Waals surface area contributed by atoms with Gasteiger partial charge in [-0.25, -0.2) is 0 Å². The SMILES string of the molecule is [Pt+2].[c-]1c2cccc1-c1cccc(n1)C1(c3cccc(n3)-c3[c-]c(ccc3)/C=C\2)c2ccccc2-c2ccccc21. The van der Waals surface area contributed by atoms with E-state index in [2.05, 4.69) is 146 Å². The molecule has 0 saturated carbocycles. The van der Waals surface area contributed by atoms with Crippen molar-refractivity contribution in [2.45, 2.75) is 5.41 Å². The van der Waals surface area contributed by atoms with Gasteiger partial charge in [-0.05, 0) is 34.4 Å². The molecule has 3 heterocycles. The van der Waals surface area contributed by atoms with Crippen molar-refractivity contribution in [1.82, 2.24) is 9.97 Å². The fourth-order valence-corrected chi connectivity index (χ4v) is 6.15. The van der Waals surface area contributed by atoms with Gasteiger partial charge in [0.25, 0.3) is 0 Å². The summed E-state index contributed by atoms with van der Waals surface area (Å²) < 4.78 is 0. The monoisotopic (exact) mass is 689 g/mol. The van der Waals surface area contributed by atoms with E-state index < -0.39 is 5.41 Å². The summed E-state index contributed by atoms with van der Waals surface area (Å²) in [5.41, 5.74) is 11.8. The number of rotatable bonds is 0. The van der Waals surface area contributed by atoms with E-state index in [0.717, 1.165) is 45.0 Å². The summed E-state index contributed by atoms with van der Waals surface area (Å²) in [7, 11) is 0. The Morgan fingerprint density at radius 3 is 1.40 bits per heavy atom. The van der Waals surface area contributed by atoms with Gasteiger partial charge >= 0.3 is 21.1 Å². The number of hydrogen-bond acceptors (Lipinski definition) is 2. The first-order valence-electron chi connectivity index (χ1n) is 13.2. The van der Waals surface area contributed by atoms with Gasteiger partial charge in [-0.1, -0.05) is 83.9 Å². The van der Waals surface area contributed by atoms with E-state index in [0.29, 0.717) is 0 Å². The molecule has 0 saturated heterocycles. The third kappa shape index (κ3) is 3.68. The predicted octanol–water partition coefficient (Wildman–Crippen LogP) is 8.26. The Balaban J connectivity index is 0.00000264. The van der Waals surface area contributed by atoms with Gasteiger partial charge < -0.3 is 0 Å². The van der Waals surface area contributed by atoms with E-state index >= 15 is 0 Å². The zero-order valence-electron chi connectivity index (χ0n) is 21.4. The molecule has 2 aromatic heterocycles. The van der Waals surface area contributed by atoms with Crippen molar-refractivity contribution in [3.8, 4) is 33.6 Å². The van der Waals surface area contributed by atoms with Gasteiger partial charge in [0.15, 0.2) is 0 Å². The summed E-state index contributed by atoms with van der Waals surface area (Å²) in [5, 5.41) is 0. The second-order valence-corrected chi connectivity index (χ2v) is 10.0. The van der Waals surface area contributed by atoms with Crippen LogP contribution in [0.3, 0.4) is 0 Å². The molecule has 1 aliphatic heterocycles. The molecule has 6 aromatic rings. The topological polar surface area (TPSA) is 25.8 Å². The summed E-state index contributed by atoms with van der Waals surface area (Å²) in [6, 6.07) is 49.6. The van der Waals surface area contributed by atoms with E-state index in [1.165, 1.54) is 22.3 Å². The molecule has 3 heteroatoms. The first-order valence-corrected chi connectivity index (χ1v) is 13.2. The molecule has 0 fully saturated rings. The molecule has 8 bridgehead atoms. The van der Waals surface area contributed by atoms with Crippen LogP contribution < -0.4 is 0 Å². The maximum atomic E-state index is 5.37. The van der Waals surface area contributed by atoms with Crippen LogP contribution >= 0.6 is 0 Å². The molecule has 1 spiro atoms. The molecule has 40 heavy (non-hydrogen) atoms. The average molecular weight is 690 g/mol. The molecule has 190 valence electrons. The second kappa shape index (κ2) is 9.66. The third-order valence-electron chi connectivity index (χ3n) is 7.85. The molecule has 1 aliphatic carbocycles. The number of hydrogen-bond donors (Lipinski definition) is 0. The number of aromatic nitrogens is 2. The van der Waals surface area contributed by atoms with Crippen LogP contribution in [-0.2, 0) is 26.5 Å². The minimum atomic E-state index is -0.674. The largest absolute Gasteiger partial charge is 2.00 e. The Bertz CT molecular complexity index is 1800. The van der Waals surface area contributed by atoms with Gasteiger partial charge in [-0.3, -0.25) is 9.97 Å². The van der Waals surface area contributed by atoms with Crippen LogP contribution in [0.25, 0.3) is 45.8 Å². The van der Waals surface area contributed by atoms with Crippen molar-refractivity contribution in [3.63, 3.8) is 0 Å². The Morgan fingerprint density at radius 1 is 0.450 bits per heavy atom. The molecule has 0 radical (unpaired) electrons. The molecule has 0 unspecified atom stereocenters. The van der Waals surface area contributed by atoms with Crippen LogP contribution in [0.1, 0.15) is 33.6 Å². The normalized spacial score (nSPS) is 14.2.